The number of benzene rings is 1. The third-order valence-electron chi connectivity index (χ3n) is 3.84. The molecule has 5 heteroatoms. The maximum Gasteiger partial charge on any atom is 0.170 e. The molecule has 0 N–H and O–H groups in total. The summed E-state index contributed by atoms with van der Waals surface area (Å²) in [5, 5.41) is 12.2. The molecule has 1 aromatic carbocycles. The molecule has 0 amide bonds. The zero-order chi connectivity index (χ0) is 13.9. The number of hydrogen-bond donors (Lipinski definition) is 0. The van der Waals surface area contributed by atoms with Gasteiger partial charge in [-0.15, -0.1) is 5.10 Å². The average molecular weight is 271 g/mol. The molecule has 0 aliphatic carbocycles. The smallest absolute Gasteiger partial charge is 0.170 e. The van der Waals surface area contributed by atoms with Crippen molar-refractivity contribution in [2.24, 2.45) is 11.8 Å². The lowest BCUT2D eigenvalue weighted by Crippen LogP contribution is -2.38. The van der Waals surface area contributed by atoms with Gasteiger partial charge in [-0.2, -0.15) is 4.68 Å². The molecule has 3 rings (SSSR count). The highest BCUT2D eigenvalue weighted by molar-refractivity contribution is 5.30. The van der Waals surface area contributed by atoms with Crippen LogP contribution < -0.4 is 0 Å². The SMILES string of the molecule is CC1CC(C)CN(Cc2nnnn2-c2ccccc2)C1. The Kier molecular flexibility index (Phi) is 3.78. The fourth-order valence-electron chi connectivity index (χ4n) is 3.20. The number of piperidine rings is 1. The van der Waals surface area contributed by atoms with Crippen LogP contribution >= 0.6 is 0 Å². The Labute approximate surface area is 119 Å². The van der Waals surface area contributed by atoms with Crippen LogP contribution in [0.5, 0.6) is 0 Å². The summed E-state index contributed by atoms with van der Waals surface area (Å²) in [6.07, 6.45) is 1.32. The van der Waals surface area contributed by atoms with Crippen molar-refractivity contribution in [3.05, 3.63) is 36.2 Å². The first-order valence-electron chi connectivity index (χ1n) is 7.27. The van der Waals surface area contributed by atoms with Crippen LogP contribution in [0.15, 0.2) is 30.3 Å². The fourth-order valence-corrected chi connectivity index (χ4v) is 3.20. The lowest BCUT2D eigenvalue weighted by molar-refractivity contribution is 0.130. The largest absolute Gasteiger partial charge is 0.295 e. The van der Waals surface area contributed by atoms with E-state index in [2.05, 4.69) is 34.3 Å². The topological polar surface area (TPSA) is 46.8 Å². The highest BCUT2D eigenvalue weighted by Crippen LogP contribution is 2.22. The van der Waals surface area contributed by atoms with Gasteiger partial charge in [0.2, 0.25) is 0 Å². The highest BCUT2D eigenvalue weighted by atomic mass is 15.5. The molecule has 1 aliphatic heterocycles. The second kappa shape index (κ2) is 5.71. The van der Waals surface area contributed by atoms with E-state index in [4.69, 9.17) is 0 Å². The van der Waals surface area contributed by atoms with Gasteiger partial charge in [0.15, 0.2) is 5.82 Å². The van der Waals surface area contributed by atoms with Crippen LogP contribution in [-0.2, 0) is 6.54 Å². The third-order valence-corrected chi connectivity index (χ3v) is 3.84. The van der Waals surface area contributed by atoms with Gasteiger partial charge in [-0.1, -0.05) is 32.0 Å². The van der Waals surface area contributed by atoms with Gasteiger partial charge in [0.05, 0.1) is 12.2 Å². The quantitative estimate of drug-likeness (QED) is 0.858. The molecule has 0 radical (unpaired) electrons. The summed E-state index contributed by atoms with van der Waals surface area (Å²) in [5.41, 5.74) is 1.02. The van der Waals surface area contributed by atoms with E-state index >= 15 is 0 Å². The van der Waals surface area contributed by atoms with Gasteiger partial charge in [0.25, 0.3) is 0 Å². The number of nitrogens with zero attached hydrogens (tertiary/aromatic N) is 5. The molecular weight excluding hydrogens is 250 g/mol. The summed E-state index contributed by atoms with van der Waals surface area (Å²) in [4.78, 5) is 2.46. The summed E-state index contributed by atoms with van der Waals surface area (Å²) in [7, 11) is 0. The number of tetrazole rings is 1. The molecule has 1 aliphatic rings. The molecule has 0 saturated carbocycles. The second-order valence-electron chi connectivity index (χ2n) is 5.98. The Balaban J connectivity index is 1.77. The molecule has 106 valence electrons. The molecular formula is C15H21N5. The zero-order valence-electron chi connectivity index (χ0n) is 12.1. The van der Waals surface area contributed by atoms with Crippen molar-refractivity contribution in [3.63, 3.8) is 0 Å². The maximum atomic E-state index is 4.20. The fraction of sp³-hybridized carbons (Fsp3) is 0.533. The minimum absolute atomic E-state index is 0.750. The predicted octanol–water partition coefficient (Wildman–Crippen LogP) is 2.14. The Bertz CT molecular complexity index is 540. The Hall–Kier alpha value is -1.75. The normalized spacial score (nSPS) is 23.9. The number of para-hydroxylation sites is 1. The van der Waals surface area contributed by atoms with Gasteiger partial charge >= 0.3 is 0 Å². The molecule has 0 spiro atoms. The highest BCUT2D eigenvalue weighted by Gasteiger charge is 2.23. The van der Waals surface area contributed by atoms with E-state index in [1.807, 2.05) is 35.0 Å². The maximum absolute atomic E-state index is 4.20. The van der Waals surface area contributed by atoms with Gasteiger partial charge in [-0.3, -0.25) is 4.90 Å². The standard InChI is InChI=1S/C15H21N5/c1-12-8-13(2)10-19(9-12)11-15-16-17-18-20(15)14-6-4-3-5-7-14/h3-7,12-13H,8-11H2,1-2H3. The first-order valence-corrected chi connectivity index (χ1v) is 7.27. The molecule has 5 nitrogen and oxygen atoms in total. The van der Waals surface area contributed by atoms with E-state index in [9.17, 15) is 0 Å². The van der Waals surface area contributed by atoms with Gasteiger partial charge in [-0.25, -0.2) is 0 Å². The Morgan fingerprint density at radius 1 is 1.10 bits per heavy atom. The average Bonchev–Trinajstić information content (AvgIpc) is 2.86. The molecule has 2 heterocycles. The monoisotopic (exact) mass is 271 g/mol. The second-order valence-corrected chi connectivity index (χ2v) is 5.98. The van der Waals surface area contributed by atoms with Crippen LogP contribution in [0.1, 0.15) is 26.1 Å². The Morgan fingerprint density at radius 2 is 1.80 bits per heavy atom. The number of rotatable bonds is 3. The summed E-state index contributed by atoms with van der Waals surface area (Å²) in [5.74, 6) is 2.41. The van der Waals surface area contributed by atoms with E-state index in [1.54, 1.807) is 0 Å². The summed E-state index contributed by atoms with van der Waals surface area (Å²) in [6.45, 7) is 7.72. The lowest BCUT2D eigenvalue weighted by atomic mass is 9.92. The Morgan fingerprint density at radius 3 is 2.50 bits per heavy atom. The van der Waals surface area contributed by atoms with Crippen molar-refractivity contribution >= 4 is 0 Å². The summed E-state index contributed by atoms with van der Waals surface area (Å²) < 4.78 is 1.84. The molecule has 1 aromatic heterocycles. The van der Waals surface area contributed by atoms with Crippen LogP contribution in [0.2, 0.25) is 0 Å². The molecule has 2 atom stereocenters. The summed E-state index contributed by atoms with van der Waals surface area (Å²) in [6, 6.07) is 10.1. The number of aromatic nitrogens is 4. The van der Waals surface area contributed by atoms with Crippen LogP contribution in [0.4, 0.5) is 0 Å². The minimum atomic E-state index is 0.750. The number of likely N-dealkylation sites (tertiary alicyclic amines) is 1. The molecule has 0 bridgehead atoms. The van der Waals surface area contributed by atoms with Crippen molar-refractivity contribution in [1.82, 2.24) is 25.1 Å². The van der Waals surface area contributed by atoms with Gasteiger partial charge in [0, 0.05) is 13.1 Å². The van der Waals surface area contributed by atoms with Gasteiger partial charge in [0.1, 0.15) is 0 Å². The molecule has 1 saturated heterocycles. The van der Waals surface area contributed by atoms with Crippen molar-refractivity contribution in [3.8, 4) is 5.69 Å². The molecule has 20 heavy (non-hydrogen) atoms. The zero-order valence-corrected chi connectivity index (χ0v) is 12.1. The van der Waals surface area contributed by atoms with Crippen molar-refractivity contribution in [2.75, 3.05) is 13.1 Å². The molecule has 1 fully saturated rings. The van der Waals surface area contributed by atoms with E-state index < -0.39 is 0 Å². The minimum Gasteiger partial charge on any atom is -0.295 e. The summed E-state index contributed by atoms with van der Waals surface area (Å²) >= 11 is 0. The van der Waals surface area contributed by atoms with E-state index in [0.29, 0.717) is 0 Å². The van der Waals surface area contributed by atoms with Crippen molar-refractivity contribution in [1.29, 1.82) is 0 Å². The van der Waals surface area contributed by atoms with Gasteiger partial charge in [-0.05, 0) is 40.8 Å². The van der Waals surface area contributed by atoms with E-state index in [1.165, 1.54) is 6.42 Å². The van der Waals surface area contributed by atoms with E-state index in [0.717, 1.165) is 43.0 Å². The third kappa shape index (κ3) is 2.88. The molecule has 2 aromatic rings. The lowest BCUT2D eigenvalue weighted by Gasteiger charge is -2.34. The van der Waals surface area contributed by atoms with Crippen LogP contribution in [0.3, 0.4) is 0 Å². The van der Waals surface area contributed by atoms with Crippen LogP contribution in [0.25, 0.3) is 5.69 Å². The van der Waals surface area contributed by atoms with Gasteiger partial charge < -0.3 is 0 Å². The first-order chi connectivity index (χ1) is 9.72. The van der Waals surface area contributed by atoms with E-state index in [-0.39, 0.29) is 0 Å². The van der Waals surface area contributed by atoms with Crippen molar-refractivity contribution < 1.29 is 0 Å². The number of hydrogen-bond acceptors (Lipinski definition) is 4. The van der Waals surface area contributed by atoms with Crippen LogP contribution in [0, 0.1) is 11.8 Å². The van der Waals surface area contributed by atoms with Crippen LogP contribution in [-0.4, -0.2) is 38.2 Å². The van der Waals surface area contributed by atoms with Crippen molar-refractivity contribution in [2.45, 2.75) is 26.8 Å². The predicted molar refractivity (Wildman–Crippen MR) is 77.4 cm³/mol. The molecule has 2 unspecified atom stereocenters. The first kappa shape index (κ1) is 13.2.